The molecule has 2 heterocycles. The molecule has 3 nitrogen and oxygen atoms in total. The van der Waals surface area contributed by atoms with E-state index in [9.17, 15) is 0 Å². The van der Waals surface area contributed by atoms with Crippen LogP contribution in [0.1, 0.15) is 11.6 Å². The SMILES string of the molecule is Cl.Cl.OC[C@@H]1CNC[C@H]1c1ccccn1. The van der Waals surface area contributed by atoms with Crippen molar-refractivity contribution < 1.29 is 5.11 Å². The maximum Gasteiger partial charge on any atom is 0.0478 e. The maximum absolute atomic E-state index is 9.13. The molecule has 2 atom stereocenters. The van der Waals surface area contributed by atoms with Crippen LogP contribution in [-0.2, 0) is 0 Å². The van der Waals surface area contributed by atoms with Gasteiger partial charge in [0.25, 0.3) is 0 Å². The molecule has 0 aliphatic carbocycles. The molecular weight excluding hydrogens is 235 g/mol. The molecule has 1 aliphatic heterocycles. The minimum Gasteiger partial charge on any atom is -0.396 e. The van der Waals surface area contributed by atoms with E-state index in [-0.39, 0.29) is 31.4 Å². The summed E-state index contributed by atoms with van der Waals surface area (Å²) in [6.45, 7) is 2.08. The Bertz CT molecular complexity index is 271. The Hall–Kier alpha value is -0.350. The summed E-state index contributed by atoms with van der Waals surface area (Å²) in [7, 11) is 0. The number of hydrogen-bond donors (Lipinski definition) is 2. The smallest absolute Gasteiger partial charge is 0.0478 e. The van der Waals surface area contributed by atoms with Crippen molar-refractivity contribution >= 4 is 24.8 Å². The molecule has 5 heteroatoms. The summed E-state index contributed by atoms with van der Waals surface area (Å²) in [6, 6.07) is 5.94. The molecule has 0 saturated carbocycles. The quantitative estimate of drug-likeness (QED) is 0.830. The van der Waals surface area contributed by atoms with Crippen molar-refractivity contribution in [2.45, 2.75) is 5.92 Å². The van der Waals surface area contributed by atoms with Gasteiger partial charge in [-0.25, -0.2) is 0 Å². The van der Waals surface area contributed by atoms with E-state index in [1.165, 1.54) is 0 Å². The molecule has 2 rings (SSSR count). The van der Waals surface area contributed by atoms with Crippen LogP contribution in [0.3, 0.4) is 0 Å². The number of aliphatic hydroxyl groups excluding tert-OH is 1. The molecule has 15 heavy (non-hydrogen) atoms. The molecule has 1 aromatic rings. The van der Waals surface area contributed by atoms with Gasteiger partial charge in [-0.05, 0) is 12.1 Å². The number of halogens is 2. The number of aliphatic hydroxyl groups is 1. The van der Waals surface area contributed by atoms with E-state index in [0.29, 0.717) is 11.8 Å². The fraction of sp³-hybridized carbons (Fsp3) is 0.500. The first kappa shape index (κ1) is 14.6. The predicted molar refractivity (Wildman–Crippen MR) is 64.9 cm³/mol. The molecule has 0 spiro atoms. The highest BCUT2D eigenvalue weighted by molar-refractivity contribution is 5.85. The summed E-state index contributed by atoms with van der Waals surface area (Å²) in [6.07, 6.45) is 1.81. The Morgan fingerprint density at radius 2 is 2.13 bits per heavy atom. The van der Waals surface area contributed by atoms with Crippen molar-refractivity contribution in [1.29, 1.82) is 0 Å². The van der Waals surface area contributed by atoms with Crippen LogP contribution in [-0.4, -0.2) is 29.8 Å². The Morgan fingerprint density at radius 1 is 1.33 bits per heavy atom. The summed E-state index contributed by atoms with van der Waals surface area (Å²) < 4.78 is 0. The Labute approximate surface area is 102 Å². The Kier molecular flexibility index (Phi) is 6.85. The van der Waals surface area contributed by atoms with Crippen molar-refractivity contribution in [2.24, 2.45) is 5.92 Å². The van der Waals surface area contributed by atoms with E-state index in [4.69, 9.17) is 5.11 Å². The van der Waals surface area contributed by atoms with E-state index in [1.54, 1.807) is 0 Å². The minimum atomic E-state index is 0. The lowest BCUT2D eigenvalue weighted by atomic mass is 9.93. The zero-order valence-corrected chi connectivity index (χ0v) is 9.93. The second-order valence-corrected chi connectivity index (χ2v) is 3.46. The molecule has 1 fully saturated rings. The van der Waals surface area contributed by atoms with Crippen molar-refractivity contribution in [3.05, 3.63) is 30.1 Å². The van der Waals surface area contributed by atoms with E-state index in [0.717, 1.165) is 18.8 Å². The van der Waals surface area contributed by atoms with Crippen LogP contribution in [0.25, 0.3) is 0 Å². The van der Waals surface area contributed by atoms with E-state index in [2.05, 4.69) is 10.3 Å². The summed E-state index contributed by atoms with van der Waals surface area (Å²) in [4.78, 5) is 4.31. The van der Waals surface area contributed by atoms with Gasteiger partial charge in [0.15, 0.2) is 0 Å². The zero-order chi connectivity index (χ0) is 9.10. The highest BCUT2D eigenvalue weighted by Crippen LogP contribution is 2.25. The molecule has 0 unspecified atom stereocenters. The second kappa shape index (κ2) is 7.01. The monoisotopic (exact) mass is 250 g/mol. The second-order valence-electron chi connectivity index (χ2n) is 3.46. The molecule has 0 radical (unpaired) electrons. The molecule has 0 aromatic carbocycles. The number of rotatable bonds is 2. The summed E-state index contributed by atoms with van der Waals surface area (Å²) in [5.41, 5.74) is 1.09. The molecular formula is C10H16Cl2N2O. The van der Waals surface area contributed by atoms with Gasteiger partial charge in [-0.2, -0.15) is 0 Å². The normalized spacial score (nSPS) is 24.1. The van der Waals surface area contributed by atoms with Crippen molar-refractivity contribution in [3.63, 3.8) is 0 Å². The van der Waals surface area contributed by atoms with Crippen molar-refractivity contribution in [2.75, 3.05) is 19.7 Å². The molecule has 0 bridgehead atoms. The molecule has 1 aliphatic rings. The third kappa shape index (κ3) is 3.31. The largest absolute Gasteiger partial charge is 0.396 e. The third-order valence-corrected chi connectivity index (χ3v) is 2.64. The molecule has 1 saturated heterocycles. The maximum atomic E-state index is 9.13. The van der Waals surface area contributed by atoms with Crippen LogP contribution in [0.2, 0.25) is 0 Å². The highest BCUT2D eigenvalue weighted by atomic mass is 35.5. The van der Waals surface area contributed by atoms with Crippen LogP contribution in [0.4, 0.5) is 0 Å². The van der Waals surface area contributed by atoms with Crippen LogP contribution >= 0.6 is 24.8 Å². The van der Waals surface area contributed by atoms with Crippen LogP contribution in [0.15, 0.2) is 24.4 Å². The number of nitrogens with one attached hydrogen (secondary N) is 1. The van der Waals surface area contributed by atoms with Crippen LogP contribution in [0, 0.1) is 5.92 Å². The summed E-state index contributed by atoms with van der Waals surface area (Å²) >= 11 is 0. The number of pyridine rings is 1. The summed E-state index contributed by atoms with van der Waals surface area (Å²) in [5.74, 6) is 0.709. The van der Waals surface area contributed by atoms with E-state index < -0.39 is 0 Å². The topological polar surface area (TPSA) is 45.1 Å². The van der Waals surface area contributed by atoms with Gasteiger partial charge in [0.1, 0.15) is 0 Å². The first-order valence-corrected chi connectivity index (χ1v) is 4.64. The molecule has 2 N–H and O–H groups in total. The number of aromatic nitrogens is 1. The molecule has 0 amide bonds. The van der Waals surface area contributed by atoms with Gasteiger partial charge in [-0.1, -0.05) is 6.07 Å². The van der Waals surface area contributed by atoms with Gasteiger partial charge in [-0.15, -0.1) is 24.8 Å². The average molecular weight is 251 g/mol. The molecule has 86 valence electrons. The average Bonchev–Trinajstić information content (AvgIpc) is 2.67. The Morgan fingerprint density at radius 3 is 2.73 bits per heavy atom. The van der Waals surface area contributed by atoms with Gasteiger partial charge in [0, 0.05) is 43.4 Å². The fourth-order valence-electron chi connectivity index (χ4n) is 1.87. The first-order chi connectivity index (χ1) is 6.42. The zero-order valence-electron chi connectivity index (χ0n) is 8.30. The minimum absolute atomic E-state index is 0. The van der Waals surface area contributed by atoms with E-state index in [1.807, 2.05) is 24.4 Å². The van der Waals surface area contributed by atoms with Gasteiger partial charge < -0.3 is 10.4 Å². The fourth-order valence-corrected chi connectivity index (χ4v) is 1.87. The van der Waals surface area contributed by atoms with E-state index >= 15 is 0 Å². The van der Waals surface area contributed by atoms with Gasteiger partial charge >= 0.3 is 0 Å². The van der Waals surface area contributed by atoms with Crippen molar-refractivity contribution in [3.8, 4) is 0 Å². The van der Waals surface area contributed by atoms with Crippen LogP contribution in [0.5, 0.6) is 0 Å². The first-order valence-electron chi connectivity index (χ1n) is 4.64. The highest BCUT2D eigenvalue weighted by Gasteiger charge is 2.28. The number of hydrogen-bond acceptors (Lipinski definition) is 3. The lowest BCUT2D eigenvalue weighted by Crippen LogP contribution is -2.15. The van der Waals surface area contributed by atoms with Gasteiger partial charge in [0.2, 0.25) is 0 Å². The van der Waals surface area contributed by atoms with Gasteiger partial charge in [-0.3, -0.25) is 4.98 Å². The third-order valence-electron chi connectivity index (χ3n) is 2.64. The predicted octanol–water partition coefficient (Wildman–Crippen LogP) is 1.22. The Balaban J connectivity index is 0.000000980. The lowest BCUT2D eigenvalue weighted by Gasteiger charge is -2.14. The molecule has 1 aromatic heterocycles. The number of nitrogens with zero attached hydrogens (tertiary/aromatic N) is 1. The standard InChI is InChI=1S/C10H14N2O.2ClH/c13-7-8-5-11-6-9(8)10-3-1-2-4-12-10;;/h1-4,8-9,11,13H,5-7H2;2*1H/t8-,9+;;/m0../s1. The van der Waals surface area contributed by atoms with Crippen LogP contribution < -0.4 is 5.32 Å². The lowest BCUT2D eigenvalue weighted by molar-refractivity contribution is 0.225. The summed E-state index contributed by atoms with van der Waals surface area (Å²) in [5, 5.41) is 12.4. The van der Waals surface area contributed by atoms with Gasteiger partial charge in [0.05, 0.1) is 0 Å². The van der Waals surface area contributed by atoms with Crippen molar-refractivity contribution in [1.82, 2.24) is 10.3 Å².